The molecule has 1 aromatic carbocycles. The van der Waals surface area contributed by atoms with Gasteiger partial charge in [0.15, 0.2) is 0 Å². The van der Waals surface area contributed by atoms with Gasteiger partial charge in [-0.2, -0.15) is 0 Å². The zero-order chi connectivity index (χ0) is 16.0. The Morgan fingerprint density at radius 1 is 1.18 bits per heavy atom. The highest BCUT2D eigenvalue weighted by Gasteiger charge is 2.38. The third kappa shape index (κ3) is 4.01. The number of amides is 1. The number of hydrogen-bond donors (Lipinski definition) is 2. The van der Waals surface area contributed by atoms with E-state index in [0.29, 0.717) is 12.2 Å². The Morgan fingerprint density at radius 3 is 2.36 bits per heavy atom. The van der Waals surface area contributed by atoms with Crippen LogP contribution >= 0.6 is 0 Å². The van der Waals surface area contributed by atoms with Crippen LogP contribution in [0.4, 0.5) is 0 Å². The van der Waals surface area contributed by atoms with Crippen molar-refractivity contribution >= 4 is 5.91 Å². The summed E-state index contributed by atoms with van der Waals surface area (Å²) in [5.74, 6) is 0.815. The number of rotatable bonds is 6. The van der Waals surface area contributed by atoms with Crippen molar-refractivity contribution in [1.82, 2.24) is 5.32 Å². The highest BCUT2D eigenvalue weighted by Crippen LogP contribution is 2.25. The first-order valence-electron chi connectivity index (χ1n) is 8.39. The van der Waals surface area contributed by atoms with E-state index in [9.17, 15) is 4.79 Å². The molecular weight excluding hydrogens is 276 g/mol. The van der Waals surface area contributed by atoms with Gasteiger partial charge in [-0.1, -0.05) is 6.42 Å². The molecule has 1 amide bonds. The topological polar surface area (TPSA) is 42.8 Å². The first-order valence-corrected chi connectivity index (χ1v) is 8.39. The van der Waals surface area contributed by atoms with Crippen LogP contribution in [0.15, 0.2) is 24.3 Å². The third-order valence-electron chi connectivity index (χ3n) is 4.89. The average molecular weight is 305 g/mol. The van der Waals surface area contributed by atoms with E-state index in [4.69, 9.17) is 4.74 Å². The van der Waals surface area contributed by atoms with E-state index in [1.54, 1.807) is 0 Å². The Balaban J connectivity index is 1.95. The van der Waals surface area contributed by atoms with Gasteiger partial charge in [0.05, 0.1) is 27.2 Å². The van der Waals surface area contributed by atoms with Crippen molar-refractivity contribution in [1.29, 1.82) is 0 Å². The first kappa shape index (κ1) is 16.8. The Morgan fingerprint density at radius 2 is 1.82 bits per heavy atom. The van der Waals surface area contributed by atoms with Crippen LogP contribution in [0, 0.1) is 0 Å². The van der Waals surface area contributed by atoms with Crippen LogP contribution in [-0.4, -0.2) is 38.7 Å². The zero-order valence-corrected chi connectivity index (χ0v) is 14.1. The van der Waals surface area contributed by atoms with Gasteiger partial charge < -0.3 is 15.0 Å². The lowest BCUT2D eigenvalue weighted by Crippen LogP contribution is -3.16. The molecule has 2 N–H and O–H groups in total. The minimum atomic E-state index is 0.00856. The number of benzene rings is 1. The van der Waals surface area contributed by atoms with E-state index in [2.05, 4.69) is 19.4 Å². The molecule has 122 valence electrons. The lowest BCUT2D eigenvalue weighted by Gasteiger charge is -2.39. The van der Waals surface area contributed by atoms with Gasteiger partial charge in [-0.3, -0.25) is 4.79 Å². The minimum absolute atomic E-state index is 0.00856. The van der Waals surface area contributed by atoms with Crippen molar-refractivity contribution in [3.8, 4) is 5.75 Å². The maximum Gasteiger partial charge on any atom is 0.251 e. The summed E-state index contributed by atoms with van der Waals surface area (Å²) in [6, 6.07) is 7.37. The molecule has 1 aliphatic rings. The van der Waals surface area contributed by atoms with Crippen LogP contribution in [0.1, 0.15) is 49.4 Å². The summed E-state index contributed by atoms with van der Waals surface area (Å²) < 4.78 is 5.41. The quantitative estimate of drug-likeness (QED) is 0.839. The summed E-state index contributed by atoms with van der Waals surface area (Å²) in [4.78, 5) is 13.8. The molecule has 22 heavy (non-hydrogen) atoms. The van der Waals surface area contributed by atoms with E-state index in [0.717, 1.165) is 12.3 Å². The Bertz CT molecular complexity index is 476. The third-order valence-corrected chi connectivity index (χ3v) is 4.89. The molecule has 4 heteroatoms. The molecule has 0 atom stereocenters. The molecule has 0 heterocycles. The van der Waals surface area contributed by atoms with Gasteiger partial charge in [-0.05, 0) is 44.0 Å². The number of ether oxygens (including phenoxy) is 1. The maximum absolute atomic E-state index is 12.4. The second kappa shape index (κ2) is 7.63. The molecule has 0 spiro atoms. The van der Waals surface area contributed by atoms with Gasteiger partial charge in [0.2, 0.25) is 0 Å². The van der Waals surface area contributed by atoms with E-state index < -0.39 is 0 Å². The van der Waals surface area contributed by atoms with Crippen LogP contribution < -0.4 is 15.0 Å². The van der Waals surface area contributed by atoms with Crippen LogP contribution in [0.25, 0.3) is 0 Å². The molecule has 1 aromatic rings. The highest BCUT2D eigenvalue weighted by atomic mass is 16.5. The summed E-state index contributed by atoms with van der Waals surface area (Å²) in [6.07, 6.45) is 6.24. The number of carbonyl (C=O) groups is 1. The number of quaternary nitrogens is 1. The van der Waals surface area contributed by atoms with Crippen molar-refractivity contribution < 1.29 is 14.4 Å². The fourth-order valence-electron chi connectivity index (χ4n) is 3.30. The first-order chi connectivity index (χ1) is 10.6. The van der Waals surface area contributed by atoms with Gasteiger partial charge in [0.1, 0.15) is 11.3 Å². The second-order valence-electron chi connectivity index (χ2n) is 6.48. The van der Waals surface area contributed by atoms with E-state index in [1.807, 2.05) is 31.2 Å². The predicted octanol–water partition coefficient (Wildman–Crippen LogP) is 1.66. The number of likely N-dealkylation sites (N-methyl/N-ethyl adjacent to an activating group) is 1. The van der Waals surface area contributed by atoms with Gasteiger partial charge >= 0.3 is 0 Å². The monoisotopic (exact) mass is 305 g/mol. The second-order valence-corrected chi connectivity index (χ2v) is 6.48. The maximum atomic E-state index is 12.4. The summed E-state index contributed by atoms with van der Waals surface area (Å²) in [6.45, 7) is 3.34. The molecule has 0 saturated heterocycles. The lowest BCUT2D eigenvalue weighted by molar-refractivity contribution is -0.916. The summed E-state index contributed by atoms with van der Waals surface area (Å²) in [5.41, 5.74) is 0.891. The fourth-order valence-corrected chi connectivity index (χ4v) is 3.30. The van der Waals surface area contributed by atoms with Crippen molar-refractivity contribution in [2.24, 2.45) is 0 Å². The van der Waals surface area contributed by atoms with Crippen LogP contribution in [0.5, 0.6) is 5.75 Å². The number of nitrogens with one attached hydrogen (secondary N) is 2. The largest absolute Gasteiger partial charge is 0.494 e. The fraction of sp³-hybridized carbons (Fsp3) is 0.611. The zero-order valence-electron chi connectivity index (χ0n) is 14.1. The van der Waals surface area contributed by atoms with Crippen LogP contribution in [0.3, 0.4) is 0 Å². The Labute approximate surface area is 133 Å². The molecule has 4 nitrogen and oxygen atoms in total. The molecule has 1 fully saturated rings. The van der Waals surface area contributed by atoms with Gasteiger partial charge in [-0.25, -0.2) is 0 Å². The van der Waals surface area contributed by atoms with Crippen molar-refractivity contribution in [2.75, 3.05) is 27.2 Å². The van der Waals surface area contributed by atoms with Gasteiger partial charge in [-0.15, -0.1) is 0 Å². The molecule has 0 aromatic heterocycles. The van der Waals surface area contributed by atoms with Crippen molar-refractivity contribution in [3.63, 3.8) is 0 Å². The van der Waals surface area contributed by atoms with E-state index in [-0.39, 0.29) is 11.4 Å². The average Bonchev–Trinajstić information content (AvgIpc) is 2.54. The number of hydrogen-bond acceptors (Lipinski definition) is 2. The normalized spacial score (nSPS) is 17.3. The Kier molecular flexibility index (Phi) is 5.83. The Hall–Kier alpha value is -1.55. The molecule has 0 bridgehead atoms. The lowest BCUT2D eigenvalue weighted by atomic mass is 9.80. The van der Waals surface area contributed by atoms with Crippen molar-refractivity contribution in [3.05, 3.63) is 29.8 Å². The number of carbonyl (C=O) groups excluding carboxylic acids is 1. The summed E-state index contributed by atoms with van der Waals surface area (Å²) in [5, 5.41) is 3.14. The van der Waals surface area contributed by atoms with E-state index >= 15 is 0 Å². The smallest absolute Gasteiger partial charge is 0.251 e. The molecule has 1 aliphatic carbocycles. The summed E-state index contributed by atoms with van der Waals surface area (Å²) >= 11 is 0. The molecule has 2 rings (SSSR count). The van der Waals surface area contributed by atoms with Gasteiger partial charge in [0, 0.05) is 18.4 Å². The molecule has 1 saturated carbocycles. The molecule has 0 aliphatic heterocycles. The molecule has 0 unspecified atom stereocenters. The van der Waals surface area contributed by atoms with E-state index in [1.165, 1.54) is 37.0 Å². The molecule has 0 radical (unpaired) electrons. The van der Waals surface area contributed by atoms with Crippen molar-refractivity contribution in [2.45, 2.75) is 44.6 Å². The van der Waals surface area contributed by atoms with Crippen LogP contribution in [0.2, 0.25) is 0 Å². The molecular formula is C18H29N2O2+. The highest BCUT2D eigenvalue weighted by molar-refractivity contribution is 5.94. The summed E-state index contributed by atoms with van der Waals surface area (Å²) in [7, 11) is 4.41. The van der Waals surface area contributed by atoms with Crippen LogP contribution in [-0.2, 0) is 0 Å². The SMILES string of the molecule is CCOc1ccc(C(=O)NCC2([NH+](C)C)CCCCC2)cc1. The minimum Gasteiger partial charge on any atom is -0.494 e. The van der Waals surface area contributed by atoms with Gasteiger partial charge in [0.25, 0.3) is 5.91 Å². The standard InChI is InChI=1S/C18H28N2O2/c1-4-22-16-10-8-15(9-11-16)17(21)19-14-18(20(2)3)12-6-5-7-13-18/h8-11H,4-7,12-14H2,1-3H3,(H,19,21)/p+1. The predicted molar refractivity (Wildman–Crippen MR) is 88.6 cm³/mol.